The van der Waals surface area contributed by atoms with Crippen molar-refractivity contribution in [3.63, 3.8) is 0 Å². The van der Waals surface area contributed by atoms with Gasteiger partial charge in [-0.3, -0.25) is 9.69 Å². The quantitative estimate of drug-likeness (QED) is 0.641. The molecular weight excluding hydrogens is 354 g/mol. The van der Waals surface area contributed by atoms with Crippen molar-refractivity contribution in [3.8, 4) is 0 Å². The number of carboxylic acids is 1. The molecule has 0 aliphatic carbocycles. The number of carbonyl (C=O) groups is 2. The fourth-order valence-corrected chi connectivity index (χ4v) is 3.76. The normalized spacial score (nSPS) is 15.8. The fourth-order valence-electron chi connectivity index (χ4n) is 2.45. The highest BCUT2D eigenvalue weighted by Crippen LogP contribution is 2.32. The van der Waals surface area contributed by atoms with Crippen LogP contribution in [0.5, 0.6) is 0 Å². The molecule has 1 aliphatic heterocycles. The summed E-state index contributed by atoms with van der Waals surface area (Å²) < 4.78 is 0.550. The summed E-state index contributed by atoms with van der Waals surface area (Å²) >= 11 is 6.61. The highest BCUT2D eigenvalue weighted by molar-refractivity contribution is 8.26. The smallest absolute Gasteiger partial charge is 0.335 e. The predicted molar refractivity (Wildman–Crippen MR) is 103 cm³/mol. The Morgan fingerprint density at radius 2 is 1.80 bits per heavy atom. The van der Waals surface area contributed by atoms with Crippen LogP contribution in [0.4, 0.5) is 0 Å². The standard InChI is InChI=1S/C19H15NO3S2/c21-17-16(12-14-6-8-15(9-7-14)18(22)23)25-19(24)20(17)11-10-13-4-2-1-3-5-13/h1-9,12H,10-11H2,(H,22,23)/b16-12+. The molecule has 2 aromatic carbocycles. The van der Waals surface area contributed by atoms with E-state index < -0.39 is 5.97 Å². The van der Waals surface area contributed by atoms with Gasteiger partial charge in [0.15, 0.2) is 0 Å². The van der Waals surface area contributed by atoms with E-state index in [0.29, 0.717) is 15.8 Å². The Kier molecular flexibility index (Phi) is 5.31. The molecule has 0 spiro atoms. The van der Waals surface area contributed by atoms with Crippen LogP contribution in [0.2, 0.25) is 0 Å². The van der Waals surface area contributed by atoms with Gasteiger partial charge in [0.2, 0.25) is 0 Å². The number of nitrogens with zero attached hydrogens (tertiary/aromatic N) is 1. The highest BCUT2D eigenvalue weighted by atomic mass is 32.2. The molecule has 4 nitrogen and oxygen atoms in total. The molecule has 1 fully saturated rings. The molecule has 0 radical (unpaired) electrons. The zero-order valence-electron chi connectivity index (χ0n) is 13.2. The molecule has 2 aromatic rings. The van der Waals surface area contributed by atoms with Gasteiger partial charge in [-0.05, 0) is 35.8 Å². The van der Waals surface area contributed by atoms with Gasteiger partial charge in [0, 0.05) is 6.54 Å². The van der Waals surface area contributed by atoms with Crippen molar-refractivity contribution >= 4 is 46.3 Å². The van der Waals surface area contributed by atoms with E-state index in [0.717, 1.165) is 17.5 Å². The lowest BCUT2D eigenvalue weighted by atomic mass is 10.1. The molecular formula is C19H15NO3S2. The highest BCUT2D eigenvalue weighted by Gasteiger charge is 2.31. The summed E-state index contributed by atoms with van der Waals surface area (Å²) in [6.45, 7) is 0.546. The molecule has 1 aliphatic rings. The van der Waals surface area contributed by atoms with E-state index in [9.17, 15) is 9.59 Å². The Labute approximate surface area is 155 Å². The molecule has 3 rings (SSSR count). The third-order valence-electron chi connectivity index (χ3n) is 3.80. The van der Waals surface area contributed by atoms with E-state index in [2.05, 4.69) is 0 Å². The topological polar surface area (TPSA) is 57.6 Å². The summed E-state index contributed by atoms with van der Waals surface area (Å²) in [5, 5.41) is 8.93. The summed E-state index contributed by atoms with van der Waals surface area (Å²) in [6.07, 6.45) is 2.49. The van der Waals surface area contributed by atoms with Crippen LogP contribution in [-0.2, 0) is 11.2 Å². The third-order valence-corrected chi connectivity index (χ3v) is 5.17. The van der Waals surface area contributed by atoms with Gasteiger partial charge in [0.25, 0.3) is 5.91 Å². The van der Waals surface area contributed by atoms with Crippen LogP contribution < -0.4 is 0 Å². The number of hydrogen-bond acceptors (Lipinski definition) is 4. The van der Waals surface area contributed by atoms with Crippen molar-refractivity contribution in [1.82, 2.24) is 4.90 Å². The number of amides is 1. The molecule has 0 unspecified atom stereocenters. The average Bonchev–Trinajstić information content (AvgIpc) is 2.88. The number of hydrogen-bond donors (Lipinski definition) is 1. The van der Waals surface area contributed by atoms with Gasteiger partial charge in [-0.15, -0.1) is 0 Å². The molecule has 0 saturated carbocycles. The molecule has 1 N–H and O–H groups in total. The van der Waals surface area contributed by atoms with Crippen LogP contribution >= 0.6 is 24.0 Å². The Bertz CT molecular complexity index is 845. The Balaban J connectivity index is 1.70. The van der Waals surface area contributed by atoms with Crippen molar-refractivity contribution in [2.24, 2.45) is 0 Å². The second kappa shape index (κ2) is 7.63. The number of rotatable bonds is 5. The lowest BCUT2D eigenvalue weighted by molar-refractivity contribution is -0.122. The van der Waals surface area contributed by atoms with Crippen molar-refractivity contribution in [2.75, 3.05) is 6.54 Å². The number of thiocarbonyl (C=S) groups is 1. The van der Waals surface area contributed by atoms with Crippen LogP contribution in [0.1, 0.15) is 21.5 Å². The van der Waals surface area contributed by atoms with Gasteiger partial charge in [-0.25, -0.2) is 4.79 Å². The third kappa shape index (κ3) is 4.15. The van der Waals surface area contributed by atoms with Gasteiger partial charge < -0.3 is 5.11 Å². The van der Waals surface area contributed by atoms with Crippen molar-refractivity contribution in [3.05, 3.63) is 76.2 Å². The molecule has 0 atom stereocenters. The van der Waals surface area contributed by atoms with Crippen LogP contribution in [-0.4, -0.2) is 32.7 Å². The van der Waals surface area contributed by atoms with Crippen LogP contribution in [0.15, 0.2) is 59.5 Å². The molecule has 25 heavy (non-hydrogen) atoms. The first kappa shape index (κ1) is 17.4. The zero-order chi connectivity index (χ0) is 17.8. The fraction of sp³-hybridized carbons (Fsp3) is 0.105. The van der Waals surface area contributed by atoms with E-state index in [4.69, 9.17) is 17.3 Å². The first-order valence-corrected chi connectivity index (χ1v) is 8.90. The minimum absolute atomic E-state index is 0.103. The number of carboxylic acid groups (broad SMARTS) is 1. The van der Waals surface area contributed by atoms with Crippen molar-refractivity contribution in [1.29, 1.82) is 0 Å². The lowest BCUT2D eigenvalue weighted by Crippen LogP contribution is -2.30. The monoisotopic (exact) mass is 369 g/mol. The molecule has 0 aromatic heterocycles. The van der Waals surface area contributed by atoms with E-state index in [1.54, 1.807) is 23.1 Å². The second-order valence-electron chi connectivity index (χ2n) is 5.50. The van der Waals surface area contributed by atoms with Gasteiger partial charge >= 0.3 is 5.97 Å². The average molecular weight is 369 g/mol. The van der Waals surface area contributed by atoms with Gasteiger partial charge in [-0.1, -0.05) is 66.4 Å². The van der Waals surface area contributed by atoms with Gasteiger partial charge in [-0.2, -0.15) is 0 Å². The Morgan fingerprint density at radius 3 is 2.44 bits per heavy atom. The van der Waals surface area contributed by atoms with Crippen LogP contribution in [0.3, 0.4) is 0 Å². The number of aromatic carboxylic acids is 1. The maximum Gasteiger partial charge on any atom is 0.335 e. The minimum Gasteiger partial charge on any atom is -0.478 e. The maximum atomic E-state index is 12.6. The summed E-state index contributed by atoms with van der Waals surface area (Å²) in [6, 6.07) is 16.4. The molecule has 6 heteroatoms. The Morgan fingerprint density at radius 1 is 1.12 bits per heavy atom. The molecule has 0 bridgehead atoms. The van der Waals surface area contributed by atoms with E-state index in [1.165, 1.54) is 23.9 Å². The predicted octanol–water partition coefficient (Wildman–Crippen LogP) is 3.83. The Hall–Kier alpha value is -2.44. The first-order valence-electron chi connectivity index (χ1n) is 7.67. The van der Waals surface area contributed by atoms with E-state index in [1.807, 2.05) is 30.3 Å². The first-order chi connectivity index (χ1) is 12.0. The maximum absolute atomic E-state index is 12.6. The van der Waals surface area contributed by atoms with E-state index in [-0.39, 0.29) is 11.5 Å². The summed E-state index contributed by atoms with van der Waals surface area (Å²) in [4.78, 5) is 25.6. The lowest BCUT2D eigenvalue weighted by Gasteiger charge is -2.14. The van der Waals surface area contributed by atoms with Crippen LogP contribution in [0, 0.1) is 0 Å². The number of benzene rings is 2. The molecule has 1 amide bonds. The summed E-state index contributed by atoms with van der Waals surface area (Å²) in [5.74, 6) is -1.08. The summed E-state index contributed by atoms with van der Waals surface area (Å²) in [5.41, 5.74) is 2.14. The zero-order valence-corrected chi connectivity index (χ0v) is 14.8. The minimum atomic E-state index is -0.973. The number of thioether (sulfide) groups is 1. The second-order valence-corrected chi connectivity index (χ2v) is 7.17. The number of carbonyl (C=O) groups excluding carboxylic acids is 1. The summed E-state index contributed by atoms with van der Waals surface area (Å²) in [7, 11) is 0. The van der Waals surface area contributed by atoms with Crippen LogP contribution in [0.25, 0.3) is 6.08 Å². The molecule has 1 heterocycles. The largest absolute Gasteiger partial charge is 0.478 e. The molecule has 126 valence electrons. The molecule has 1 saturated heterocycles. The van der Waals surface area contributed by atoms with Gasteiger partial charge in [0.1, 0.15) is 4.32 Å². The van der Waals surface area contributed by atoms with Gasteiger partial charge in [0.05, 0.1) is 10.5 Å². The van der Waals surface area contributed by atoms with E-state index >= 15 is 0 Å². The van der Waals surface area contributed by atoms with Crippen molar-refractivity contribution in [2.45, 2.75) is 6.42 Å². The van der Waals surface area contributed by atoms with Crippen molar-refractivity contribution < 1.29 is 14.7 Å². The SMILES string of the molecule is O=C(O)c1ccc(/C=C2/SC(=S)N(CCc3ccccc3)C2=O)cc1.